The first-order valence-corrected chi connectivity index (χ1v) is 7.34. The monoisotopic (exact) mass is 300 g/mol. The van der Waals surface area contributed by atoms with Crippen molar-refractivity contribution in [2.45, 2.75) is 19.4 Å². The highest BCUT2D eigenvalue weighted by Crippen LogP contribution is 2.33. The van der Waals surface area contributed by atoms with Gasteiger partial charge in [0.2, 0.25) is 0 Å². The van der Waals surface area contributed by atoms with E-state index < -0.39 is 0 Å². The number of halogens is 1. The van der Waals surface area contributed by atoms with Crippen molar-refractivity contribution in [3.63, 3.8) is 0 Å². The maximum absolute atomic E-state index is 12.4. The fourth-order valence-corrected chi connectivity index (χ4v) is 2.76. The van der Waals surface area contributed by atoms with Gasteiger partial charge in [0, 0.05) is 17.0 Å². The van der Waals surface area contributed by atoms with Crippen LogP contribution in [0.25, 0.3) is 22.4 Å². The zero-order valence-electron chi connectivity index (χ0n) is 11.3. The first-order chi connectivity index (χ1) is 10.2. The Morgan fingerprint density at radius 3 is 2.90 bits per heavy atom. The van der Waals surface area contributed by atoms with Crippen molar-refractivity contribution in [2.24, 2.45) is 5.92 Å². The third kappa shape index (κ3) is 2.25. The van der Waals surface area contributed by atoms with E-state index in [1.165, 1.54) is 12.8 Å². The normalized spacial score (nSPS) is 14.7. The van der Waals surface area contributed by atoms with Gasteiger partial charge in [-0.15, -0.1) is 0 Å². The Balaban J connectivity index is 2.02. The lowest BCUT2D eigenvalue weighted by molar-refractivity contribution is 0.576. The minimum atomic E-state index is -0.233. The van der Waals surface area contributed by atoms with E-state index in [4.69, 9.17) is 16.0 Å². The minimum absolute atomic E-state index is 0.233. The summed E-state index contributed by atoms with van der Waals surface area (Å²) < 4.78 is 7.15. The van der Waals surface area contributed by atoms with Crippen molar-refractivity contribution in [3.8, 4) is 11.5 Å². The summed E-state index contributed by atoms with van der Waals surface area (Å²) in [7, 11) is 0. The van der Waals surface area contributed by atoms with Crippen molar-refractivity contribution in [2.75, 3.05) is 0 Å². The van der Waals surface area contributed by atoms with E-state index in [0.29, 0.717) is 22.4 Å². The molecular formula is C16H13ClN2O2. The van der Waals surface area contributed by atoms with Crippen LogP contribution in [-0.4, -0.2) is 9.55 Å². The summed E-state index contributed by atoms with van der Waals surface area (Å²) in [6.07, 6.45) is 3.94. The Morgan fingerprint density at radius 2 is 2.19 bits per heavy atom. The highest BCUT2D eigenvalue weighted by atomic mass is 35.5. The molecule has 1 saturated carbocycles. The lowest BCUT2D eigenvalue weighted by Gasteiger charge is -2.11. The van der Waals surface area contributed by atoms with Crippen molar-refractivity contribution in [1.29, 1.82) is 0 Å². The molecule has 1 fully saturated rings. The van der Waals surface area contributed by atoms with Gasteiger partial charge < -0.3 is 4.42 Å². The maximum Gasteiger partial charge on any atom is 0.348 e. The van der Waals surface area contributed by atoms with Crippen LogP contribution < -0.4 is 5.69 Å². The van der Waals surface area contributed by atoms with Crippen LogP contribution in [0.1, 0.15) is 12.8 Å². The molecule has 0 unspecified atom stereocenters. The van der Waals surface area contributed by atoms with Gasteiger partial charge in [-0.25, -0.2) is 4.79 Å². The standard InChI is InChI=1S/C16H13ClN2O2/c17-11-5-6-13-12(8-11)15(14-2-1-7-21-14)18-16(20)19(13)9-10-3-4-10/h1-2,5-8,10H,3-4,9H2. The van der Waals surface area contributed by atoms with Crippen molar-refractivity contribution < 1.29 is 4.42 Å². The smallest absolute Gasteiger partial charge is 0.348 e. The van der Waals surface area contributed by atoms with E-state index in [1.807, 2.05) is 12.1 Å². The molecule has 2 heterocycles. The molecule has 0 bridgehead atoms. The molecule has 3 aromatic rings. The van der Waals surface area contributed by atoms with E-state index in [9.17, 15) is 4.79 Å². The molecule has 0 radical (unpaired) electrons. The second kappa shape index (κ2) is 4.74. The summed E-state index contributed by atoms with van der Waals surface area (Å²) in [6, 6.07) is 9.11. The molecule has 0 N–H and O–H groups in total. The predicted molar refractivity (Wildman–Crippen MR) is 81.4 cm³/mol. The van der Waals surface area contributed by atoms with E-state index in [-0.39, 0.29) is 5.69 Å². The Hall–Kier alpha value is -2.07. The molecule has 1 aromatic carbocycles. The van der Waals surface area contributed by atoms with E-state index >= 15 is 0 Å². The van der Waals surface area contributed by atoms with E-state index in [0.717, 1.165) is 17.4 Å². The van der Waals surface area contributed by atoms with Gasteiger partial charge in [-0.1, -0.05) is 11.6 Å². The number of aromatic nitrogens is 2. The summed E-state index contributed by atoms with van der Waals surface area (Å²) in [5, 5.41) is 1.46. The molecule has 1 aliphatic rings. The van der Waals surface area contributed by atoms with Crippen LogP contribution in [-0.2, 0) is 6.54 Å². The highest BCUT2D eigenvalue weighted by Gasteiger charge is 2.24. The minimum Gasteiger partial charge on any atom is -0.463 e. The zero-order chi connectivity index (χ0) is 14.4. The van der Waals surface area contributed by atoms with Gasteiger partial charge in [0.1, 0.15) is 5.69 Å². The lowest BCUT2D eigenvalue weighted by Crippen LogP contribution is -2.24. The second-order valence-electron chi connectivity index (χ2n) is 5.44. The molecule has 4 rings (SSSR count). The molecule has 2 aromatic heterocycles. The number of furan rings is 1. The number of hydrogen-bond acceptors (Lipinski definition) is 3. The Labute approximate surface area is 126 Å². The number of benzene rings is 1. The second-order valence-corrected chi connectivity index (χ2v) is 5.87. The van der Waals surface area contributed by atoms with Gasteiger partial charge in [-0.05, 0) is 49.1 Å². The van der Waals surface area contributed by atoms with Crippen LogP contribution in [0, 0.1) is 5.92 Å². The molecule has 4 nitrogen and oxygen atoms in total. The Kier molecular flexibility index (Phi) is 2.86. The predicted octanol–water partition coefficient (Wildman–Crippen LogP) is 3.72. The van der Waals surface area contributed by atoms with Crippen LogP contribution >= 0.6 is 11.6 Å². The number of fused-ring (bicyclic) bond motifs is 1. The molecule has 0 atom stereocenters. The lowest BCUT2D eigenvalue weighted by atomic mass is 10.1. The first-order valence-electron chi connectivity index (χ1n) is 6.96. The van der Waals surface area contributed by atoms with Gasteiger partial charge in [-0.2, -0.15) is 4.98 Å². The topological polar surface area (TPSA) is 48.0 Å². The van der Waals surface area contributed by atoms with Gasteiger partial charge in [0.15, 0.2) is 5.76 Å². The molecule has 0 saturated heterocycles. The molecule has 5 heteroatoms. The molecule has 21 heavy (non-hydrogen) atoms. The third-order valence-electron chi connectivity index (χ3n) is 3.84. The van der Waals surface area contributed by atoms with E-state index in [2.05, 4.69) is 4.98 Å². The van der Waals surface area contributed by atoms with Crippen LogP contribution in [0.2, 0.25) is 5.02 Å². The summed E-state index contributed by atoms with van der Waals surface area (Å²) in [5.41, 5.74) is 1.18. The number of nitrogens with zero attached hydrogens (tertiary/aromatic N) is 2. The van der Waals surface area contributed by atoms with Crippen molar-refractivity contribution in [3.05, 3.63) is 52.1 Å². The van der Waals surface area contributed by atoms with Crippen LogP contribution in [0.3, 0.4) is 0 Å². The fourth-order valence-electron chi connectivity index (χ4n) is 2.59. The zero-order valence-corrected chi connectivity index (χ0v) is 12.0. The van der Waals surface area contributed by atoms with Gasteiger partial charge in [0.05, 0.1) is 11.8 Å². The van der Waals surface area contributed by atoms with Gasteiger partial charge in [0.25, 0.3) is 0 Å². The summed E-state index contributed by atoms with van der Waals surface area (Å²) in [4.78, 5) is 16.6. The number of rotatable bonds is 3. The van der Waals surface area contributed by atoms with Crippen LogP contribution in [0.4, 0.5) is 0 Å². The van der Waals surface area contributed by atoms with Crippen molar-refractivity contribution >= 4 is 22.5 Å². The third-order valence-corrected chi connectivity index (χ3v) is 4.07. The SMILES string of the molecule is O=c1nc(-c2ccco2)c2cc(Cl)ccc2n1CC1CC1. The summed E-state index contributed by atoms with van der Waals surface area (Å²) in [6.45, 7) is 0.725. The highest BCUT2D eigenvalue weighted by molar-refractivity contribution is 6.31. The molecular weight excluding hydrogens is 288 g/mol. The summed E-state index contributed by atoms with van der Waals surface area (Å²) >= 11 is 6.12. The Morgan fingerprint density at radius 1 is 1.33 bits per heavy atom. The maximum atomic E-state index is 12.4. The molecule has 1 aliphatic carbocycles. The largest absolute Gasteiger partial charge is 0.463 e. The number of hydrogen-bond donors (Lipinski definition) is 0. The summed E-state index contributed by atoms with van der Waals surface area (Å²) in [5.74, 6) is 1.18. The quantitative estimate of drug-likeness (QED) is 0.740. The van der Waals surface area contributed by atoms with Crippen LogP contribution in [0.15, 0.2) is 45.8 Å². The average molecular weight is 301 g/mol. The van der Waals surface area contributed by atoms with E-state index in [1.54, 1.807) is 29.0 Å². The Bertz CT molecular complexity index is 864. The first kappa shape index (κ1) is 12.7. The molecule has 0 amide bonds. The van der Waals surface area contributed by atoms with Crippen molar-refractivity contribution in [1.82, 2.24) is 9.55 Å². The van der Waals surface area contributed by atoms with Gasteiger partial charge >= 0.3 is 5.69 Å². The average Bonchev–Trinajstić information content (AvgIpc) is 3.12. The molecule has 0 spiro atoms. The molecule has 0 aliphatic heterocycles. The van der Waals surface area contributed by atoms with Gasteiger partial charge in [-0.3, -0.25) is 4.57 Å². The molecule has 106 valence electrons. The van der Waals surface area contributed by atoms with Crippen LogP contribution in [0.5, 0.6) is 0 Å². The fraction of sp³-hybridized carbons (Fsp3) is 0.250.